The molecule has 2 N–H and O–H groups in total. The number of anilines is 1. The van der Waals surface area contributed by atoms with Crippen molar-refractivity contribution in [2.45, 2.75) is 6.92 Å². The molecule has 1 rings (SSSR count). The molecule has 1 aromatic rings. The summed E-state index contributed by atoms with van der Waals surface area (Å²) in [5, 5.41) is 7.04. The Labute approximate surface area is 104 Å². The highest BCUT2D eigenvalue weighted by molar-refractivity contribution is 9.10. The monoisotopic (exact) mass is 291 g/mol. The van der Waals surface area contributed by atoms with Crippen molar-refractivity contribution in [3.05, 3.63) is 21.8 Å². The third-order valence-electron chi connectivity index (χ3n) is 1.98. The Morgan fingerprint density at radius 2 is 2.27 bits per heavy atom. The maximum absolute atomic E-state index is 5.80. The normalized spacial score (nSPS) is 12.5. The fourth-order valence-corrected chi connectivity index (χ4v) is 2.02. The van der Waals surface area contributed by atoms with E-state index in [0.29, 0.717) is 10.9 Å². The molecular weight excluding hydrogens is 277 g/mol. The van der Waals surface area contributed by atoms with Crippen molar-refractivity contribution >= 4 is 33.3 Å². The van der Waals surface area contributed by atoms with Crippen molar-refractivity contribution in [1.29, 1.82) is 0 Å². The molecule has 0 aliphatic carbocycles. The molecule has 0 aromatic carbocycles. The van der Waals surface area contributed by atoms with Crippen molar-refractivity contribution < 1.29 is 0 Å². The summed E-state index contributed by atoms with van der Waals surface area (Å²) in [4.78, 5) is 4.20. The van der Waals surface area contributed by atoms with E-state index in [1.165, 1.54) is 0 Å². The van der Waals surface area contributed by atoms with Gasteiger partial charge in [0.1, 0.15) is 5.82 Å². The Balaban J connectivity index is 2.50. The van der Waals surface area contributed by atoms with Crippen LogP contribution in [0.2, 0.25) is 5.02 Å². The predicted octanol–water partition coefficient (Wildman–Crippen LogP) is 2.76. The number of pyridine rings is 1. The van der Waals surface area contributed by atoms with Crippen LogP contribution >= 0.6 is 27.5 Å². The molecule has 0 bridgehead atoms. The number of rotatable bonds is 5. The molecule has 5 heteroatoms. The fourth-order valence-electron chi connectivity index (χ4n) is 1.24. The highest BCUT2D eigenvalue weighted by Gasteiger charge is 2.04. The zero-order chi connectivity index (χ0) is 11.3. The van der Waals surface area contributed by atoms with Gasteiger partial charge < -0.3 is 10.6 Å². The third-order valence-corrected chi connectivity index (χ3v) is 2.79. The van der Waals surface area contributed by atoms with Gasteiger partial charge in [0.05, 0.1) is 9.50 Å². The minimum absolute atomic E-state index is 0.555. The van der Waals surface area contributed by atoms with Crippen LogP contribution in [0.4, 0.5) is 5.82 Å². The van der Waals surface area contributed by atoms with Gasteiger partial charge in [0.2, 0.25) is 0 Å². The van der Waals surface area contributed by atoms with Crippen LogP contribution in [0.3, 0.4) is 0 Å². The van der Waals surface area contributed by atoms with Gasteiger partial charge in [-0.3, -0.25) is 0 Å². The summed E-state index contributed by atoms with van der Waals surface area (Å²) in [7, 11) is 1.95. The molecule has 0 spiro atoms. The highest BCUT2D eigenvalue weighted by atomic mass is 79.9. The standard InChI is InChI=1S/C10H15BrClN3/c1-7(4-13-2)5-14-10-9(11)3-8(12)6-15-10/h3,6-7,13H,4-5H2,1-2H3,(H,14,15). The van der Waals surface area contributed by atoms with Crippen LogP contribution < -0.4 is 10.6 Å². The molecule has 0 radical (unpaired) electrons. The van der Waals surface area contributed by atoms with Gasteiger partial charge in [0.25, 0.3) is 0 Å². The maximum atomic E-state index is 5.80. The predicted molar refractivity (Wildman–Crippen MR) is 68.5 cm³/mol. The summed E-state index contributed by atoms with van der Waals surface area (Å²) in [5.41, 5.74) is 0. The zero-order valence-electron chi connectivity index (χ0n) is 8.85. The highest BCUT2D eigenvalue weighted by Crippen LogP contribution is 2.23. The van der Waals surface area contributed by atoms with E-state index in [1.54, 1.807) is 6.20 Å². The lowest BCUT2D eigenvalue weighted by molar-refractivity contribution is 0.568. The number of nitrogens with one attached hydrogen (secondary N) is 2. The van der Waals surface area contributed by atoms with Crippen LogP contribution in [-0.2, 0) is 0 Å². The number of hydrogen-bond donors (Lipinski definition) is 2. The summed E-state index contributed by atoms with van der Waals surface area (Å²) in [6.07, 6.45) is 1.64. The first-order valence-corrected chi connectivity index (χ1v) is 6.00. The third kappa shape index (κ3) is 4.36. The Bertz CT molecular complexity index is 320. The van der Waals surface area contributed by atoms with Crippen LogP contribution in [0, 0.1) is 5.92 Å². The lowest BCUT2D eigenvalue weighted by Crippen LogP contribution is -2.23. The molecule has 0 saturated heterocycles. The summed E-state index contributed by atoms with van der Waals surface area (Å²) in [6, 6.07) is 1.83. The summed E-state index contributed by atoms with van der Waals surface area (Å²) in [6.45, 7) is 4.04. The molecule has 1 heterocycles. The Morgan fingerprint density at radius 1 is 1.53 bits per heavy atom. The van der Waals surface area contributed by atoms with Crippen molar-refractivity contribution in [3.63, 3.8) is 0 Å². The summed E-state index contributed by atoms with van der Waals surface area (Å²) < 4.78 is 0.895. The average Bonchev–Trinajstić information content (AvgIpc) is 2.17. The van der Waals surface area contributed by atoms with Gasteiger partial charge >= 0.3 is 0 Å². The molecule has 1 unspecified atom stereocenters. The zero-order valence-corrected chi connectivity index (χ0v) is 11.2. The topological polar surface area (TPSA) is 37.0 Å². The SMILES string of the molecule is CNCC(C)CNc1ncc(Cl)cc1Br. The number of hydrogen-bond acceptors (Lipinski definition) is 3. The minimum atomic E-state index is 0.555. The van der Waals surface area contributed by atoms with Gasteiger partial charge in [-0.05, 0) is 41.5 Å². The van der Waals surface area contributed by atoms with Crippen LogP contribution in [-0.4, -0.2) is 25.1 Å². The van der Waals surface area contributed by atoms with Gasteiger partial charge in [-0.25, -0.2) is 4.98 Å². The molecule has 1 aromatic heterocycles. The maximum Gasteiger partial charge on any atom is 0.140 e. The number of aromatic nitrogens is 1. The van der Waals surface area contributed by atoms with Crippen LogP contribution in [0.15, 0.2) is 16.7 Å². The van der Waals surface area contributed by atoms with E-state index < -0.39 is 0 Å². The lowest BCUT2D eigenvalue weighted by atomic mass is 10.2. The molecule has 84 valence electrons. The second-order valence-corrected chi connectivity index (χ2v) is 4.82. The van der Waals surface area contributed by atoms with E-state index in [1.807, 2.05) is 13.1 Å². The van der Waals surface area contributed by atoms with Gasteiger partial charge in [-0.2, -0.15) is 0 Å². The second-order valence-electron chi connectivity index (χ2n) is 3.53. The van der Waals surface area contributed by atoms with Gasteiger partial charge in [-0.1, -0.05) is 18.5 Å². The summed E-state index contributed by atoms with van der Waals surface area (Å²) in [5.74, 6) is 1.39. The van der Waals surface area contributed by atoms with Crippen molar-refractivity contribution in [2.75, 3.05) is 25.5 Å². The number of halogens is 2. The molecule has 0 fully saturated rings. The summed E-state index contributed by atoms with van der Waals surface area (Å²) >= 11 is 9.21. The first-order chi connectivity index (χ1) is 7.13. The molecule has 1 atom stereocenters. The Hall–Kier alpha value is -0.320. The van der Waals surface area contributed by atoms with Crippen LogP contribution in [0.25, 0.3) is 0 Å². The Kier molecular flexibility index (Phi) is 5.36. The first kappa shape index (κ1) is 12.7. The fraction of sp³-hybridized carbons (Fsp3) is 0.500. The molecule has 0 aliphatic rings. The first-order valence-electron chi connectivity index (χ1n) is 4.83. The number of nitrogens with zero attached hydrogens (tertiary/aromatic N) is 1. The van der Waals surface area contributed by atoms with E-state index in [0.717, 1.165) is 23.4 Å². The molecule has 15 heavy (non-hydrogen) atoms. The van der Waals surface area contributed by atoms with Crippen LogP contribution in [0.5, 0.6) is 0 Å². The van der Waals surface area contributed by atoms with Gasteiger partial charge in [-0.15, -0.1) is 0 Å². The van der Waals surface area contributed by atoms with Crippen LogP contribution in [0.1, 0.15) is 6.92 Å². The Morgan fingerprint density at radius 3 is 2.87 bits per heavy atom. The van der Waals surface area contributed by atoms with Gasteiger partial charge in [0.15, 0.2) is 0 Å². The van der Waals surface area contributed by atoms with Crippen molar-refractivity contribution in [1.82, 2.24) is 10.3 Å². The molecule has 3 nitrogen and oxygen atoms in total. The molecule has 0 aliphatic heterocycles. The minimum Gasteiger partial charge on any atom is -0.369 e. The van der Waals surface area contributed by atoms with Crippen molar-refractivity contribution in [2.24, 2.45) is 5.92 Å². The van der Waals surface area contributed by atoms with E-state index in [9.17, 15) is 0 Å². The lowest BCUT2D eigenvalue weighted by Gasteiger charge is -2.13. The largest absolute Gasteiger partial charge is 0.369 e. The van der Waals surface area contributed by atoms with E-state index in [4.69, 9.17) is 11.6 Å². The molecule has 0 amide bonds. The van der Waals surface area contributed by atoms with E-state index in [-0.39, 0.29) is 0 Å². The molecular formula is C10H15BrClN3. The van der Waals surface area contributed by atoms with E-state index >= 15 is 0 Å². The molecule has 0 saturated carbocycles. The van der Waals surface area contributed by atoms with Gasteiger partial charge in [0, 0.05) is 12.7 Å². The van der Waals surface area contributed by atoms with Crippen molar-refractivity contribution in [3.8, 4) is 0 Å². The quantitative estimate of drug-likeness (QED) is 0.876. The second kappa shape index (κ2) is 6.30. The van der Waals surface area contributed by atoms with E-state index in [2.05, 4.69) is 38.5 Å². The smallest absolute Gasteiger partial charge is 0.140 e. The average molecular weight is 293 g/mol.